The highest BCUT2D eigenvalue weighted by molar-refractivity contribution is 6.33. The Kier molecular flexibility index (Phi) is 4.61. The van der Waals surface area contributed by atoms with E-state index in [4.69, 9.17) is 22.1 Å². The minimum absolute atomic E-state index is 0.263. The average molecular weight is 232 g/mol. The van der Waals surface area contributed by atoms with E-state index in [1.807, 2.05) is 0 Å². The number of ether oxygens (including phenoxy) is 1. The highest BCUT2D eigenvalue weighted by Gasteiger charge is 2.06. The molecule has 0 saturated carbocycles. The molecule has 1 aromatic heterocycles. The first-order valence-corrected chi connectivity index (χ1v) is 4.83. The summed E-state index contributed by atoms with van der Waals surface area (Å²) in [6.07, 6.45) is 0.905. The lowest BCUT2D eigenvalue weighted by Gasteiger charge is -2.12. The number of anilines is 2. The van der Waals surface area contributed by atoms with Crippen LogP contribution < -0.4 is 11.1 Å². The van der Waals surface area contributed by atoms with Gasteiger partial charge in [-0.25, -0.2) is 4.98 Å². The maximum Gasteiger partial charge on any atom is 0.145 e. The Hall–Kier alpha value is -1.04. The SMILES string of the molecule is COCC(O)CNc1ncc(N)cc1Cl. The van der Waals surface area contributed by atoms with E-state index in [0.29, 0.717) is 23.1 Å². The van der Waals surface area contributed by atoms with Crippen LogP contribution in [0.3, 0.4) is 0 Å². The van der Waals surface area contributed by atoms with Gasteiger partial charge in [0.05, 0.1) is 29.6 Å². The van der Waals surface area contributed by atoms with Gasteiger partial charge in [-0.05, 0) is 6.07 Å². The van der Waals surface area contributed by atoms with Crippen LogP contribution in [0, 0.1) is 0 Å². The fourth-order valence-electron chi connectivity index (χ4n) is 1.05. The van der Waals surface area contributed by atoms with Crippen LogP contribution >= 0.6 is 11.6 Å². The number of nitrogens with zero attached hydrogens (tertiary/aromatic N) is 1. The molecule has 0 saturated heterocycles. The number of nitrogen functional groups attached to an aromatic ring is 1. The second-order valence-electron chi connectivity index (χ2n) is 3.09. The van der Waals surface area contributed by atoms with Crippen LogP contribution in [-0.4, -0.2) is 36.5 Å². The Morgan fingerprint density at radius 1 is 1.73 bits per heavy atom. The lowest BCUT2D eigenvalue weighted by Crippen LogP contribution is -2.24. The van der Waals surface area contributed by atoms with Gasteiger partial charge >= 0.3 is 0 Å². The molecule has 1 aromatic rings. The predicted octanol–water partition coefficient (Wildman–Crippen LogP) is 0.736. The van der Waals surface area contributed by atoms with Gasteiger partial charge < -0.3 is 20.9 Å². The molecule has 0 aliphatic rings. The van der Waals surface area contributed by atoms with Crippen LogP contribution in [0.5, 0.6) is 0 Å². The number of nitrogens with one attached hydrogen (secondary N) is 1. The maximum atomic E-state index is 9.37. The van der Waals surface area contributed by atoms with Gasteiger partial charge in [-0.15, -0.1) is 0 Å². The van der Waals surface area contributed by atoms with E-state index in [2.05, 4.69) is 10.3 Å². The Balaban J connectivity index is 2.50. The van der Waals surface area contributed by atoms with E-state index >= 15 is 0 Å². The molecule has 1 unspecified atom stereocenters. The van der Waals surface area contributed by atoms with Crippen LogP contribution in [-0.2, 0) is 4.74 Å². The van der Waals surface area contributed by atoms with E-state index < -0.39 is 6.10 Å². The molecule has 4 N–H and O–H groups in total. The van der Waals surface area contributed by atoms with Gasteiger partial charge in [-0.2, -0.15) is 0 Å². The van der Waals surface area contributed by atoms with E-state index in [-0.39, 0.29) is 6.61 Å². The first-order valence-electron chi connectivity index (χ1n) is 4.45. The Morgan fingerprint density at radius 3 is 3.07 bits per heavy atom. The van der Waals surface area contributed by atoms with Gasteiger partial charge in [-0.1, -0.05) is 11.6 Å². The van der Waals surface area contributed by atoms with Crippen molar-refractivity contribution in [3.63, 3.8) is 0 Å². The zero-order chi connectivity index (χ0) is 11.3. The number of methoxy groups -OCH3 is 1. The number of halogens is 1. The monoisotopic (exact) mass is 231 g/mol. The molecule has 0 radical (unpaired) electrons. The van der Waals surface area contributed by atoms with E-state index in [1.165, 1.54) is 13.3 Å². The van der Waals surface area contributed by atoms with E-state index in [0.717, 1.165) is 0 Å². The summed E-state index contributed by atoms with van der Waals surface area (Å²) in [6.45, 7) is 0.587. The van der Waals surface area contributed by atoms with Crippen molar-refractivity contribution in [3.8, 4) is 0 Å². The van der Waals surface area contributed by atoms with Crippen LogP contribution in [0.25, 0.3) is 0 Å². The van der Waals surface area contributed by atoms with Gasteiger partial charge in [0.25, 0.3) is 0 Å². The summed E-state index contributed by atoms with van der Waals surface area (Å²) in [5.74, 6) is 0.501. The van der Waals surface area contributed by atoms with Crippen molar-refractivity contribution >= 4 is 23.1 Å². The topological polar surface area (TPSA) is 80.4 Å². The van der Waals surface area contributed by atoms with Crippen molar-refractivity contribution in [1.29, 1.82) is 0 Å². The molecular formula is C9H14ClN3O2. The van der Waals surface area contributed by atoms with Crippen molar-refractivity contribution in [1.82, 2.24) is 4.98 Å². The second-order valence-corrected chi connectivity index (χ2v) is 3.50. The number of aliphatic hydroxyl groups excluding tert-OH is 1. The standard InChI is InChI=1S/C9H14ClN3O2/c1-15-5-7(14)4-13-9-8(10)2-6(11)3-12-9/h2-3,7,14H,4-5,11H2,1H3,(H,12,13). The normalized spacial score (nSPS) is 12.5. The molecule has 5 nitrogen and oxygen atoms in total. The van der Waals surface area contributed by atoms with Crippen molar-refractivity contribution < 1.29 is 9.84 Å². The molecule has 84 valence electrons. The molecule has 1 heterocycles. The van der Waals surface area contributed by atoms with Crippen molar-refractivity contribution in [2.24, 2.45) is 0 Å². The molecule has 15 heavy (non-hydrogen) atoms. The van der Waals surface area contributed by atoms with Crippen LogP contribution in [0.2, 0.25) is 5.02 Å². The summed E-state index contributed by atoms with van der Waals surface area (Å²) in [4.78, 5) is 3.99. The molecule has 0 aromatic carbocycles. The smallest absolute Gasteiger partial charge is 0.145 e. The molecule has 0 spiro atoms. The second kappa shape index (κ2) is 5.75. The quantitative estimate of drug-likeness (QED) is 0.697. The fourth-order valence-corrected chi connectivity index (χ4v) is 1.29. The van der Waals surface area contributed by atoms with Crippen molar-refractivity contribution in [2.45, 2.75) is 6.10 Å². The molecule has 6 heteroatoms. The number of hydrogen-bond acceptors (Lipinski definition) is 5. The molecule has 1 rings (SSSR count). The predicted molar refractivity (Wildman–Crippen MR) is 60.0 cm³/mol. The lowest BCUT2D eigenvalue weighted by molar-refractivity contribution is 0.0727. The number of aliphatic hydroxyl groups is 1. The Morgan fingerprint density at radius 2 is 2.47 bits per heavy atom. The van der Waals surface area contributed by atoms with Gasteiger partial charge in [0.15, 0.2) is 0 Å². The highest BCUT2D eigenvalue weighted by Crippen LogP contribution is 2.20. The molecule has 0 fully saturated rings. The van der Waals surface area contributed by atoms with Crippen molar-refractivity contribution in [3.05, 3.63) is 17.3 Å². The van der Waals surface area contributed by atoms with E-state index in [9.17, 15) is 5.11 Å². The molecule has 0 aliphatic heterocycles. The third-order valence-electron chi connectivity index (χ3n) is 1.73. The first kappa shape index (κ1) is 12.0. The fraction of sp³-hybridized carbons (Fsp3) is 0.444. The molecule has 0 aliphatic carbocycles. The Labute approximate surface area is 93.2 Å². The maximum absolute atomic E-state index is 9.37. The molecular weight excluding hydrogens is 218 g/mol. The third-order valence-corrected chi connectivity index (χ3v) is 2.01. The summed E-state index contributed by atoms with van der Waals surface area (Å²) in [6, 6.07) is 1.60. The number of hydrogen-bond donors (Lipinski definition) is 3. The van der Waals surface area contributed by atoms with Crippen molar-refractivity contribution in [2.75, 3.05) is 31.3 Å². The number of aromatic nitrogens is 1. The summed E-state index contributed by atoms with van der Waals surface area (Å²) in [7, 11) is 1.53. The summed E-state index contributed by atoms with van der Waals surface area (Å²) in [5.41, 5.74) is 5.99. The number of rotatable bonds is 5. The lowest BCUT2D eigenvalue weighted by atomic mass is 10.3. The summed E-state index contributed by atoms with van der Waals surface area (Å²) >= 11 is 5.87. The van der Waals surface area contributed by atoms with Gasteiger partial charge in [0.2, 0.25) is 0 Å². The van der Waals surface area contributed by atoms with Crippen LogP contribution in [0.15, 0.2) is 12.3 Å². The minimum Gasteiger partial charge on any atom is -0.397 e. The Bertz CT molecular complexity index is 322. The average Bonchev–Trinajstić information content (AvgIpc) is 2.17. The molecule has 1 atom stereocenters. The van der Waals surface area contributed by atoms with Gasteiger partial charge in [0, 0.05) is 13.7 Å². The first-order chi connectivity index (χ1) is 7.13. The zero-order valence-electron chi connectivity index (χ0n) is 8.40. The van der Waals surface area contributed by atoms with E-state index in [1.54, 1.807) is 6.07 Å². The van der Waals surface area contributed by atoms with Gasteiger partial charge in [0.1, 0.15) is 5.82 Å². The number of pyridine rings is 1. The highest BCUT2D eigenvalue weighted by atomic mass is 35.5. The van der Waals surface area contributed by atoms with Crippen LogP contribution in [0.4, 0.5) is 11.5 Å². The minimum atomic E-state index is -0.592. The van der Waals surface area contributed by atoms with Crippen LogP contribution in [0.1, 0.15) is 0 Å². The largest absolute Gasteiger partial charge is 0.397 e. The third kappa shape index (κ3) is 3.91. The number of nitrogens with two attached hydrogens (primary N) is 1. The summed E-state index contributed by atoms with van der Waals surface area (Å²) < 4.78 is 4.78. The molecule has 0 bridgehead atoms. The summed E-state index contributed by atoms with van der Waals surface area (Å²) in [5, 5.41) is 12.7. The van der Waals surface area contributed by atoms with Gasteiger partial charge in [-0.3, -0.25) is 0 Å². The zero-order valence-corrected chi connectivity index (χ0v) is 9.16. The molecule has 0 amide bonds.